The zero-order chi connectivity index (χ0) is 11.3. The third kappa shape index (κ3) is 4.09. The van der Waals surface area contributed by atoms with Crippen molar-refractivity contribution in [3.8, 4) is 0 Å². The summed E-state index contributed by atoms with van der Waals surface area (Å²) in [7, 11) is 5.57. The molecule has 2 atom stereocenters. The van der Waals surface area contributed by atoms with Gasteiger partial charge in [-0.3, -0.25) is 4.90 Å². The second kappa shape index (κ2) is 6.46. The molecule has 3 nitrogen and oxygen atoms in total. The molecule has 15 heavy (non-hydrogen) atoms. The maximum absolute atomic E-state index is 5.22. The van der Waals surface area contributed by atoms with Crippen LogP contribution in [-0.4, -0.2) is 45.0 Å². The molecule has 0 saturated heterocycles. The molecule has 90 valence electrons. The Morgan fingerprint density at radius 2 is 1.93 bits per heavy atom. The van der Waals surface area contributed by atoms with E-state index in [9.17, 15) is 0 Å². The molecule has 0 N–H and O–H groups in total. The molecule has 1 saturated carbocycles. The summed E-state index contributed by atoms with van der Waals surface area (Å²) in [4.78, 5) is 2.38. The molecule has 1 aliphatic carbocycles. The molecule has 0 radical (unpaired) electrons. The molecule has 0 amide bonds. The van der Waals surface area contributed by atoms with Gasteiger partial charge in [-0.1, -0.05) is 19.8 Å². The smallest absolute Gasteiger partial charge is 0.169 e. The highest BCUT2D eigenvalue weighted by Crippen LogP contribution is 2.26. The van der Waals surface area contributed by atoms with Crippen molar-refractivity contribution in [3.63, 3.8) is 0 Å². The van der Waals surface area contributed by atoms with Crippen LogP contribution in [0.2, 0.25) is 0 Å². The Bertz CT molecular complexity index is 171. The van der Waals surface area contributed by atoms with Crippen molar-refractivity contribution in [3.05, 3.63) is 0 Å². The second-order valence-corrected chi connectivity index (χ2v) is 4.77. The summed E-state index contributed by atoms with van der Waals surface area (Å²) >= 11 is 0. The Morgan fingerprint density at radius 3 is 2.47 bits per heavy atom. The molecule has 0 aromatic carbocycles. The Labute approximate surface area is 93.7 Å². The lowest BCUT2D eigenvalue weighted by molar-refractivity contribution is -0.119. The lowest BCUT2D eigenvalue weighted by Gasteiger charge is -2.35. The lowest BCUT2D eigenvalue weighted by atomic mass is 9.86. The third-order valence-electron chi connectivity index (χ3n) is 3.49. The lowest BCUT2D eigenvalue weighted by Crippen LogP contribution is -2.41. The van der Waals surface area contributed by atoms with E-state index in [1.54, 1.807) is 14.2 Å². The van der Waals surface area contributed by atoms with E-state index in [4.69, 9.17) is 9.47 Å². The first kappa shape index (κ1) is 12.9. The normalized spacial score (nSPS) is 27.6. The predicted molar refractivity (Wildman–Crippen MR) is 61.9 cm³/mol. The molecule has 0 spiro atoms. The third-order valence-corrected chi connectivity index (χ3v) is 3.49. The van der Waals surface area contributed by atoms with Crippen LogP contribution in [0.5, 0.6) is 0 Å². The summed E-state index contributed by atoms with van der Waals surface area (Å²) < 4.78 is 10.4. The number of ether oxygens (including phenoxy) is 2. The molecular formula is C12H25NO2. The van der Waals surface area contributed by atoms with E-state index in [-0.39, 0.29) is 6.29 Å². The van der Waals surface area contributed by atoms with Crippen LogP contribution in [0.3, 0.4) is 0 Å². The van der Waals surface area contributed by atoms with E-state index in [0.29, 0.717) is 6.04 Å². The maximum atomic E-state index is 5.22. The highest BCUT2D eigenvalue weighted by atomic mass is 16.7. The van der Waals surface area contributed by atoms with Gasteiger partial charge in [0.05, 0.1) is 0 Å². The summed E-state index contributed by atoms with van der Waals surface area (Å²) in [5, 5.41) is 0. The van der Waals surface area contributed by atoms with Crippen molar-refractivity contribution in [1.82, 2.24) is 4.90 Å². The van der Waals surface area contributed by atoms with E-state index in [1.165, 1.54) is 25.7 Å². The van der Waals surface area contributed by atoms with Crippen LogP contribution >= 0.6 is 0 Å². The SMILES string of the molecule is COC(CN(C)C1CCCC(C)C1)OC. The van der Waals surface area contributed by atoms with Crippen molar-refractivity contribution in [2.24, 2.45) is 5.92 Å². The molecule has 0 bridgehead atoms. The number of methoxy groups -OCH3 is 2. The molecule has 3 heteroatoms. The fraction of sp³-hybridized carbons (Fsp3) is 1.00. The first-order chi connectivity index (χ1) is 7.17. The quantitative estimate of drug-likeness (QED) is 0.656. The second-order valence-electron chi connectivity index (χ2n) is 4.77. The topological polar surface area (TPSA) is 21.7 Å². The number of rotatable bonds is 5. The van der Waals surface area contributed by atoms with Gasteiger partial charge in [0.25, 0.3) is 0 Å². The van der Waals surface area contributed by atoms with Crippen molar-refractivity contribution < 1.29 is 9.47 Å². The van der Waals surface area contributed by atoms with Crippen LogP contribution in [0.15, 0.2) is 0 Å². The van der Waals surface area contributed by atoms with Crippen molar-refractivity contribution in [1.29, 1.82) is 0 Å². The average molecular weight is 215 g/mol. The number of nitrogens with zero attached hydrogens (tertiary/aromatic N) is 1. The average Bonchev–Trinajstić information content (AvgIpc) is 2.25. The first-order valence-electron chi connectivity index (χ1n) is 5.93. The number of hydrogen-bond acceptors (Lipinski definition) is 3. The van der Waals surface area contributed by atoms with Gasteiger partial charge in [-0.2, -0.15) is 0 Å². The van der Waals surface area contributed by atoms with Gasteiger partial charge in [0.15, 0.2) is 6.29 Å². The Hall–Kier alpha value is -0.120. The van der Waals surface area contributed by atoms with Crippen LogP contribution < -0.4 is 0 Å². The highest BCUT2D eigenvalue weighted by molar-refractivity contribution is 4.77. The van der Waals surface area contributed by atoms with E-state index in [0.717, 1.165) is 12.5 Å². The first-order valence-corrected chi connectivity index (χ1v) is 5.93. The monoisotopic (exact) mass is 215 g/mol. The van der Waals surface area contributed by atoms with Crippen LogP contribution in [0.1, 0.15) is 32.6 Å². The van der Waals surface area contributed by atoms with Crippen molar-refractivity contribution >= 4 is 0 Å². The summed E-state index contributed by atoms with van der Waals surface area (Å²) in [5.41, 5.74) is 0. The molecule has 1 fully saturated rings. The van der Waals surface area contributed by atoms with E-state index in [1.807, 2.05) is 0 Å². The van der Waals surface area contributed by atoms with Gasteiger partial charge >= 0.3 is 0 Å². The molecule has 1 aliphatic rings. The van der Waals surface area contributed by atoms with Crippen molar-refractivity contribution in [2.45, 2.75) is 44.9 Å². The molecule has 0 aromatic rings. The van der Waals surface area contributed by atoms with Gasteiger partial charge < -0.3 is 9.47 Å². The fourth-order valence-corrected chi connectivity index (χ4v) is 2.43. The fourth-order valence-electron chi connectivity index (χ4n) is 2.43. The van der Waals surface area contributed by atoms with Crippen LogP contribution in [0.4, 0.5) is 0 Å². The van der Waals surface area contributed by atoms with E-state index < -0.39 is 0 Å². The van der Waals surface area contributed by atoms with Gasteiger partial charge in [0.1, 0.15) is 0 Å². The van der Waals surface area contributed by atoms with E-state index >= 15 is 0 Å². The van der Waals surface area contributed by atoms with Gasteiger partial charge in [0, 0.05) is 26.8 Å². The Kier molecular flexibility index (Phi) is 5.58. The molecule has 0 aromatic heterocycles. The molecule has 1 rings (SSSR count). The summed E-state index contributed by atoms with van der Waals surface area (Å²) in [6, 6.07) is 0.710. The van der Waals surface area contributed by atoms with Crippen LogP contribution in [0, 0.1) is 5.92 Å². The number of hydrogen-bond donors (Lipinski definition) is 0. The van der Waals surface area contributed by atoms with Gasteiger partial charge in [-0.15, -0.1) is 0 Å². The van der Waals surface area contributed by atoms with Gasteiger partial charge in [-0.05, 0) is 25.8 Å². The zero-order valence-corrected chi connectivity index (χ0v) is 10.5. The Morgan fingerprint density at radius 1 is 1.27 bits per heavy atom. The predicted octanol–water partition coefficient (Wildman–Crippen LogP) is 2.12. The van der Waals surface area contributed by atoms with Crippen LogP contribution in [0.25, 0.3) is 0 Å². The minimum Gasteiger partial charge on any atom is -0.355 e. The largest absolute Gasteiger partial charge is 0.355 e. The highest BCUT2D eigenvalue weighted by Gasteiger charge is 2.23. The molecule has 0 aliphatic heterocycles. The minimum absolute atomic E-state index is 0.0905. The zero-order valence-electron chi connectivity index (χ0n) is 10.5. The molecular weight excluding hydrogens is 190 g/mol. The summed E-state index contributed by atoms with van der Waals surface area (Å²) in [5.74, 6) is 0.870. The maximum Gasteiger partial charge on any atom is 0.169 e. The van der Waals surface area contributed by atoms with Gasteiger partial charge in [-0.25, -0.2) is 0 Å². The van der Waals surface area contributed by atoms with Crippen LogP contribution in [-0.2, 0) is 9.47 Å². The number of likely N-dealkylation sites (N-methyl/N-ethyl adjacent to an activating group) is 1. The standard InChI is InChI=1S/C12H25NO2/c1-10-6-5-7-11(8-10)13(2)9-12(14-3)15-4/h10-12H,5-9H2,1-4H3. The summed E-state index contributed by atoms with van der Waals surface area (Å²) in [6.07, 6.45) is 5.30. The van der Waals surface area contributed by atoms with E-state index in [2.05, 4.69) is 18.9 Å². The van der Waals surface area contributed by atoms with Crippen molar-refractivity contribution in [2.75, 3.05) is 27.8 Å². The molecule has 0 heterocycles. The minimum atomic E-state index is -0.0905. The van der Waals surface area contributed by atoms with Gasteiger partial charge in [0.2, 0.25) is 0 Å². The summed E-state index contributed by atoms with van der Waals surface area (Å²) in [6.45, 7) is 3.22. The Balaban J connectivity index is 2.34. The molecule has 2 unspecified atom stereocenters.